The van der Waals surface area contributed by atoms with Gasteiger partial charge in [0.25, 0.3) is 0 Å². The van der Waals surface area contributed by atoms with Gasteiger partial charge in [0.05, 0.1) is 6.04 Å². The van der Waals surface area contributed by atoms with Crippen molar-refractivity contribution in [1.82, 2.24) is 0 Å². The lowest BCUT2D eigenvalue weighted by atomic mass is 9.73. The molecule has 29 heavy (non-hydrogen) atoms. The second-order valence-corrected chi connectivity index (χ2v) is 8.67. The van der Waals surface area contributed by atoms with Crippen LogP contribution >= 0.6 is 0 Å². The van der Waals surface area contributed by atoms with Crippen LogP contribution < -0.4 is 15.4 Å². The van der Waals surface area contributed by atoms with Crippen LogP contribution in [-0.2, 0) is 11.2 Å². The number of hydrogen-bond donors (Lipinski definition) is 3. The van der Waals surface area contributed by atoms with E-state index in [1.54, 1.807) is 12.1 Å². The van der Waals surface area contributed by atoms with Crippen LogP contribution in [0.2, 0.25) is 0 Å². The molecule has 3 N–H and O–H groups in total. The van der Waals surface area contributed by atoms with Crippen molar-refractivity contribution in [2.24, 2.45) is 11.3 Å². The summed E-state index contributed by atoms with van der Waals surface area (Å²) in [7, 11) is 0. The number of amides is 1. The zero-order valence-electron chi connectivity index (χ0n) is 16.7. The highest BCUT2D eigenvalue weighted by atomic mass is 16.7. The molecule has 6 nitrogen and oxygen atoms in total. The number of nitrogens with one attached hydrogen (secondary N) is 2. The molecule has 0 saturated heterocycles. The molecule has 1 atom stereocenters. The zero-order valence-corrected chi connectivity index (χ0v) is 16.7. The number of carboxylic acid groups (broad SMARTS) is 1. The van der Waals surface area contributed by atoms with Crippen LogP contribution in [0.4, 0.5) is 16.2 Å². The third-order valence-electron chi connectivity index (χ3n) is 6.00. The van der Waals surface area contributed by atoms with Crippen LogP contribution in [0.25, 0.3) is 0 Å². The quantitative estimate of drug-likeness (QED) is 0.489. The smallest absolute Gasteiger partial charge is 0.449 e. The molecular weight excluding hydrogens is 368 g/mol. The number of ether oxygens (including phenoxy) is 1. The molecule has 1 saturated carbocycles. The van der Waals surface area contributed by atoms with E-state index in [1.807, 2.05) is 18.2 Å². The van der Waals surface area contributed by atoms with E-state index in [4.69, 9.17) is 9.84 Å². The summed E-state index contributed by atoms with van der Waals surface area (Å²) in [5.74, 6) is 0.618. The van der Waals surface area contributed by atoms with Crippen LogP contribution in [0.1, 0.15) is 50.3 Å². The number of anilines is 2. The molecule has 1 heterocycles. The SMILES string of the molecule is CC1(C)Cc2cc(OC(=O)O)ccc2NC1c1ccc(NC(=O)C2CCC2)cc1. The molecule has 2 aliphatic rings. The van der Waals surface area contributed by atoms with Crippen molar-refractivity contribution in [3.05, 3.63) is 53.6 Å². The van der Waals surface area contributed by atoms with Gasteiger partial charge in [-0.15, -0.1) is 0 Å². The van der Waals surface area contributed by atoms with Crippen molar-refractivity contribution in [1.29, 1.82) is 0 Å². The van der Waals surface area contributed by atoms with Crippen molar-refractivity contribution >= 4 is 23.4 Å². The molecule has 4 rings (SSSR count). The normalized spacial score (nSPS) is 20.0. The van der Waals surface area contributed by atoms with Crippen molar-refractivity contribution in [3.8, 4) is 5.75 Å². The lowest BCUT2D eigenvalue weighted by Gasteiger charge is -2.41. The fourth-order valence-electron chi connectivity index (χ4n) is 4.17. The third kappa shape index (κ3) is 4.06. The maximum atomic E-state index is 12.1. The Morgan fingerprint density at radius 2 is 1.86 bits per heavy atom. The highest BCUT2D eigenvalue weighted by Crippen LogP contribution is 2.45. The van der Waals surface area contributed by atoms with Crippen molar-refractivity contribution in [2.75, 3.05) is 10.6 Å². The van der Waals surface area contributed by atoms with Crippen LogP contribution in [0, 0.1) is 11.3 Å². The Labute approximate surface area is 170 Å². The number of hydrogen-bond acceptors (Lipinski definition) is 4. The summed E-state index contributed by atoms with van der Waals surface area (Å²) < 4.78 is 4.79. The molecule has 1 unspecified atom stereocenters. The summed E-state index contributed by atoms with van der Waals surface area (Å²) in [6.07, 6.45) is 2.60. The summed E-state index contributed by atoms with van der Waals surface area (Å²) in [5.41, 5.74) is 3.90. The number of benzene rings is 2. The van der Waals surface area contributed by atoms with Gasteiger partial charge in [-0.1, -0.05) is 32.4 Å². The predicted octanol–water partition coefficient (Wildman–Crippen LogP) is 5.22. The Kier molecular flexibility index (Phi) is 4.94. The van der Waals surface area contributed by atoms with Crippen LogP contribution in [-0.4, -0.2) is 17.2 Å². The Morgan fingerprint density at radius 3 is 2.48 bits per heavy atom. The Bertz CT molecular complexity index is 932. The van der Waals surface area contributed by atoms with Crippen LogP contribution in [0.15, 0.2) is 42.5 Å². The Morgan fingerprint density at radius 1 is 1.14 bits per heavy atom. The van der Waals surface area contributed by atoms with Gasteiger partial charge in [0.15, 0.2) is 0 Å². The monoisotopic (exact) mass is 394 g/mol. The minimum Gasteiger partial charge on any atom is -0.449 e. The van der Waals surface area contributed by atoms with Gasteiger partial charge >= 0.3 is 6.16 Å². The number of carbonyl (C=O) groups is 2. The molecule has 0 bridgehead atoms. The van der Waals surface area contributed by atoms with Crippen molar-refractivity contribution < 1.29 is 19.4 Å². The molecule has 6 heteroatoms. The first-order valence-corrected chi connectivity index (χ1v) is 10.0. The standard InChI is InChI=1S/C23H26N2O4/c1-23(2)13-16-12-18(29-22(27)28)10-11-19(16)25-20(23)14-6-8-17(9-7-14)24-21(26)15-4-3-5-15/h6-12,15,20,25H,3-5,13H2,1-2H3,(H,24,26)(H,27,28). The number of carbonyl (C=O) groups excluding carboxylic acids is 1. The van der Waals surface area contributed by atoms with Gasteiger partial charge in [0, 0.05) is 17.3 Å². The molecule has 0 radical (unpaired) electrons. The molecule has 1 aliphatic carbocycles. The van der Waals surface area contributed by atoms with E-state index in [1.165, 1.54) is 0 Å². The molecule has 0 aromatic heterocycles. The van der Waals surface area contributed by atoms with Gasteiger partial charge in [0.2, 0.25) is 5.91 Å². The molecular formula is C23H26N2O4. The topological polar surface area (TPSA) is 87.7 Å². The molecule has 2 aromatic rings. The number of rotatable bonds is 4. The van der Waals surface area contributed by atoms with E-state index >= 15 is 0 Å². The van der Waals surface area contributed by atoms with Crippen molar-refractivity contribution in [2.45, 2.75) is 45.6 Å². The van der Waals surface area contributed by atoms with Gasteiger partial charge in [-0.25, -0.2) is 4.79 Å². The third-order valence-corrected chi connectivity index (χ3v) is 6.00. The average molecular weight is 394 g/mol. The fraction of sp³-hybridized carbons (Fsp3) is 0.391. The highest BCUT2D eigenvalue weighted by molar-refractivity contribution is 5.93. The fourth-order valence-corrected chi connectivity index (χ4v) is 4.17. The second-order valence-electron chi connectivity index (χ2n) is 8.67. The second kappa shape index (κ2) is 7.43. The lowest BCUT2D eigenvalue weighted by Crippen LogP contribution is -2.35. The maximum absolute atomic E-state index is 12.1. The van der Waals surface area contributed by atoms with Crippen molar-refractivity contribution in [3.63, 3.8) is 0 Å². The summed E-state index contributed by atoms with van der Waals surface area (Å²) in [5, 5.41) is 15.4. The van der Waals surface area contributed by atoms with Crippen LogP contribution in [0.3, 0.4) is 0 Å². The minimum absolute atomic E-state index is 0.0917. The molecule has 1 fully saturated rings. The molecule has 1 amide bonds. The molecule has 0 spiro atoms. The van der Waals surface area contributed by atoms with Gasteiger partial charge in [0.1, 0.15) is 5.75 Å². The van der Waals surface area contributed by atoms with Gasteiger partial charge in [-0.05, 0) is 66.1 Å². The Hall–Kier alpha value is -3.02. The summed E-state index contributed by atoms with van der Waals surface area (Å²) >= 11 is 0. The van der Waals surface area contributed by atoms with Crippen LogP contribution in [0.5, 0.6) is 5.75 Å². The van der Waals surface area contributed by atoms with E-state index in [0.717, 1.165) is 48.2 Å². The average Bonchev–Trinajstić information content (AvgIpc) is 2.59. The minimum atomic E-state index is -1.31. The van der Waals surface area contributed by atoms with E-state index < -0.39 is 6.16 Å². The predicted molar refractivity (Wildman–Crippen MR) is 111 cm³/mol. The van der Waals surface area contributed by atoms with E-state index in [-0.39, 0.29) is 23.3 Å². The molecule has 1 aliphatic heterocycles. The summed E-state index contributed by atoms with van der Waals surface area (Å²) in [6.45, 7) is 4.37. The first-order chi connectivity index (χ1) is 13.8. The molecule has 2 aromatic carbocycles. The first kappa shape index (κ1) is 19.3. The summed E-state index contributed by atoms with van der Waals surface area (Å²) in [4.78, 5) is 22.9. The number of fused-ring (bicyclic) bond motifs is 1. The van der Waals surface area contributed by atoms with Gasteiger partial charge in [-0.2, -0.15) is 0 Å². The first-order valence-electron chi connectivity index (χ1n) is 10.0. The van der Waals surface area contributed by atoms with E-state index in [0.29, 0.717) is 5.75 Å². The lowest BCUT2D eigenvalue weighted by molar-refractivity contribution is -0.122. The van der Waals surface area contributed by atoms with E-state index in [9.17, 15) is 9.59 Å². The maximum Gasteiger partial charge on any atom is 0.511 e. The zero-order chi connectivity index (χ0) is 20.6. The van der Waals surface area contributed by atoms with Gasteiger partial charge < -0.3 is 20.5 Å². The highest BCUT2D eigenvalue weighted by Gasteiger charge is 2.36. The van der Waals surface area contributed by atoms with Gasteiger partial charge in [-0.3, -0.25) is 4.79 Å². The largest absolute Gasteiger partial charge is 0.511 e. The molecule has 152 valence electrons. The Balaban J connectivity index is 1.51. The van der Waals surface area contributed by atoms with E-state index in [2.05, 4.69) is 36.6 Å². The summed E-state index contributed by atoms with van der Waals surface area (Å²) in [6, 6.07) is 13.4.